The second-order valence-corrected chi connectivity index (χ2v) is 4.66. The predicted molar refractivity (Wildman–Crippen MR) is 66.4 cm³/mol. The second kappa shape index (κ2) is 4.04. The zero-order valence-corrected chi connectivity index (χ0v) is 9.90. The van der Waals surface area contributed by atoms with Crippen molar-refractivity contribution in [2.45, 2.75) is 25.8 Å². The largest absolute Gasteiger partial charge is 0.381 e. The molecule has 1 aromatic carbocycles. The van der Waals surface area contributed by atoms with E-state index < -0.39 is 0 Å². The summed E-state index contributed by atoms with van der Waals surface area (Å²) in [4.78, 5) is 14.9. The van der Waals surface area contributed by atoms with Gasteiger partial charge in [-0.15, -0.1) is 0 Å². The third kappa shape index (κ3) is 1.78. The van der Waals surface area contributed by atoms with Gasteiger partial charge < -0.3 is 9.72 Å². The molecule has 1 N–H and O–H groups in total. The van der Waals surface area contributed by atoms with E-state index in [1.807, 2.05) is 23.6 Å². The van der Waals surface area contributed by atoms with Crippen LogP contribution in [0.1, 0.15) is 24.4 Å². The van der Waals surface area contributed by atoms with Crippen LogP contribution < -0.4 is 5.69 Å². The molecule has 0 atom stereocenters. The lowest BCUT2D eigenvalue weighted by Crippen LogP contribution is -2.27. The van der Waals surface area contributed by atoms with Crippen LogP contribution in [0.25, 0.3) is 11.0 Å². The molecule has 1 fully saturated rings. The fourth-order valence-corrected chi connectivity index (χ4v) is 2.54. The van der Waals surface area contributed by atoms with E-state index in [9.17, 15) is 4.79 Å². The van der Waals surface area contributed by atoms with Gasteiger partial charge >= 0.3 is 5.69 Å². The zero-order chi connectivity index (χ0) is 11.8. The van der Waals surface area contributed by atoms with E-state index in [4.69, 9.17) is 4.74 Å². The molecule has 0 radical (unpaired) electrons. The lowest BCUT2D eigenvalue weighted by Gasteiger charge is -2.23. The highest BCUT2D eigenvalue weighted by Crippen LogP contribution is 2.23. The monoisotopic (exact) mass is 232 g/mol. The summed E-state index contributed by atoms with van der Waals surface area (Å²) in [6.45, 7) is 3.54. The van der Waals surface area contributed by atoms with Crippen molar-refractivity contribution in [3.05, 3.63) is 34.2 Å². The van der Waals surface area contributed by atoms with Gasteiger partial charge in [-0.05, 0) is 37.5 Å². The highest BCUT2D eigenvalue weighted by Gasteiger charge is 2.19. The highest BCUT2D eigenvalue weighted by molar-refractivity contribution is 5.76. The molecule has 1 aromatic heterocycles. The first kappa shape index (κ1) is 10.6. The number of fused-ring (bicyclic) bond motifs is 1. The fraction of sp³-hybridized carbons (Fsp3) is 0.462. The van der Waals surface area contributed by atoms with Crippen LogP contribution in [-0.2, 0) is 4.74 Å². The number of imidazole rings is 1. The van der Waals surface area contributed by atoms with Gasteiger partial charge in [-0.1, -0.05) is 6.07 Å². The minimum absolute atomic E-state index is 0.00231. The molecule has 0 amide bonds. The minimum atomic E-state index is -0.00231. The maximum absolute atomic E-state index is 12.0. The molecule has 1 aliphatic rings. The zero-order valence-electron chi connectivity index (χ0n) is 9.90. The van der Waals surface area contributed by atoms with Crippen molar-refractivity contribution in [1.82, 2.24) is 9.55 Å². The molecule has 17 heavy (non-hydrogen) atoms. The van der Waals surface area contributed by atoms with Gasteiger partial charge in [-0.3, -0.25) is 4.57 Å². The van der Waals surface area contributed by atoms with E-state index in [2.05, 4.69) is 11.1 Å². The highest BCUT2D eigenvalue weighted by atomic mass is 16.5. The molecule has 2 aromatic rings. The number of benzene rings is 1. The van der Waals surface area contributed by atoms with Gasteiger partial charge in [0.05, 0.1) is 11.0 Å². The Bertz CT molecular complexity index is 591. The van der Waals surface area contributed by atoms with Crippen LogP contribution in [-0.4, -0.2) is 22.8 Å². The van der Waals surface area contributed by atoms with E-state index in [0.29, 0.717) is 0 Å². The first-order chi connectivity index (χ1) is 8.25. The summed E-state index contributed by atoms with van der Waals surface area (Å²) in [7, 11) is 0. The van der Waals surface area contributed by atoms with E-state index in [-0.39, 0.29) is 11.7 Å². The standard InChI is InChI=1S/C13H16N2O2/c1-9-2-3-11-12(8-9)15(13(16)14-11)10-4-6-17-7-5-10/h2-3,8,10H,4-7H2,1H3,(H,14,16). The number of hydrogen-bond acceptors (Lipinski definition) is 2. The van der Waals surface area contributed by atoms with Crippen molar-refractivity contribution in [3.63, 3.8) is 0 Å². The Morgan fingerprint density at radius 1 is 1.35 bits per heavy atom. The second-order valence-electron chi connectivity index (χ2n) is 4.66. The molecule has 0 spiro atoms. The Hall–Kier alpha value is -1.55. The molecular weight excluding hydrogens is 216 g/mol. The molecule has 0 bridgehead atoms. The molecule has 3 rings (SSSR count). The van der Waals surface area contributed by atoms with E-state index in [1.54, 1.807) is 0 Å². The van der Waals surface area contributed by atoms with Crippen LogP contribution in [0.4, 0.5) is 0 Å². The Morgan fingerprint density at radius 2 is 2.12 bits per heavy atom. The number of H-pyrrole nitrogens is 1. The van der Waals surface area contributed by atoms with Crippen molar-refractivity contribution >= 4 is 11.0 Å². The quantitative estimate of drug-likeness (QED) is 0.817. The first-order valence-electron chi connectivity index (χ1n) is 6.04. The average molecular weight is 232 g/mol. The summed E-state index contributed by atoms with van der Waals surface area (Å²) in [5, 5.41) is 0. The molecule has 0 unspecified atom stereocenters. The van der Waals surface area contributed by atoms with Crippen LogP contribution >= 0.6 is 0 Å². The Morgan fingerprint density at radius 3 is 2.88 bits per heavy atom. The Labute approximate surface area is 99.2 Å². The summed E-state index contributed by atoms with van der Waals surface area (Å²) in [5.41, 5.74) is 3.11. The van der Waals surface area contributed by atoms with E-state index >= 15 is 0 Å². The van der Waals surface area contributed by atoms with Crippen molar-refractivity contribution in [2.24, 2.45) is 0 Å². The van der Waals surface area contributed by atoms with Gasteiger partial charge in [-0.25, -0.2) is 4.79 Å². The van der Waals surface area contributed by atoms with E-state index in [0.717, 1.165) is 37.1 Å². The number of nitrogens with zero attached hydrogens (tertiary/aromatic N) is 1. The fourth-order valence-electron chi connectivity index (χ4n) is 2.54. The summed E-state index contributed by atoms with van der Waals surface area (Å²) in [5.74, 6) is 0. The summed E-state index contributed by atoms with van der Waals surface area (Å²) < 4.78 is 7.24. The Kier molecular flexibility index (Phi) is 2.52. The summed E-state index contributed by atoms with van der Waals surface area (Å²) in [6.07, 6.45) is 1.83. The molecule has 0 aliphatic carbocycles. The first-order valence-corrected chi connectivity index (χ1v) is 6.04. The van der Waals surface area contributed by atoms with Crippen molar-refractivity contribution in [1.29, 1.82) is 0 Å². The van der Waals surface area contributed by atoms with Crippen molar-refractivity contribution in [3.8, 4) is 0 Å². The average Bonchev–Trinajstić information content (AvgIpc) is 2.65. The summed E-state index contributed by atoms with van der Waals surface area (Å²) in [6, 6.07) is 6.34. The molecule has 1 aliphatic heterocycles. The van der Waals surface area contributed by atoms with Gasteiger partial charge in [0.15, 0.2) is 0 Å². The minimum Gasteiger partial charge on any atom is -0.381 e. The molecule has 1 saturated heterocycles. The lowest BCUT2D eigenvalue weighted by molar-refractivity contribution is 0.0698. The lowest BCUT2D eigenvalue weighted by atomic mass is 10.1. The molecule has 0 saturated carbocycles. The van der Waals surface area contributed by atoms with Crippen molar-refractivity contribution in [2.75, 3.05) is 13.2 Å². The number of aryl methyl sites for hydroxylation is 1. The van der Waals surface area contributed by atoms with Crippen molar-refractivity contribution < 1.29 is 4.74 Å². The number of rotatable bonds is 1. The normalized spacial score (nSPS) is 17.7. The van der Waals surface area contributed by atoms with Gasteiger partial charge in [0, 0.05) is 19.3 Å². The van der Waals surface area contributed by atoms with Gasteiger partial charge in [0.1, 0.15) is 0 Å². The van der Waals surface area contributed by atoms with Crippen LogP contribution in [0.15, 0.2) is 23.0 Å². The molecule has 4 nitrogen and oxygen atoms in total. The maximum Gasteiger partial charge on any atom is 0.326 e. The van der Waals surface area contributed by atoms with E-state index in [1.165, 1.54) is 5.56 Å². The number of aromatic nitrogens is 2. The smallest absolute Gasteiger partial charge is 0.326 e. The van der Waals surface area contributed by atoms with Crippen LogP contribution in [0.5, 0.6) is 0 Å². The molecule has 2 heterocycles. The number of nitrogens with one attached hydrogen (secondary N) is 1. The predicted octanol–water partition coefficient (Wildman–Crippen LogP) is 1.99. The van der Waals surface area contributed by atoms with Gasteiger partial charge in [0.25, 0.3) is 0 Å². The summed E-state index contributed by atoms with van der Waals surface area (Å²) >= 11 is 0. The van der Waals surface area contributed by atoms with Crippen LogP contribution in [0, 0.1) is 6.92 Å². The van der Waals surface area contributed by atoms with Crippen LogP contribution in [0.3, 0.4) is 0 Å². The Balaban J connectivity index is 2.16. The van der Waals surface area contributed by atoms with Gasteiger partial charge in [-0.2, -0.15) is 0 Å². The third-order valence-electron chi connectivity index (χ3n) is 3.43. The molecule has 90 valence electrons. The van der Waals surface area contributed by atoms with Gasteiger partial charge in [0.2, 0.25) is 0 Å². The molecule has 4 heteroatoms. The molecular formula is C13H16N2O2. The number of ether oxygens (including phenoxy) is 1. The topological polar surface area (TPSA) is 47.0 Å². The maximum atomic E-state index is 12.0. The van der Waals surface area contributed by atoms with Crippen LogP contribution in [0.2, 0.25) is 0 Å². The SMILES string of the molecule is Cc1ccc2[nH]c(=O)n(C3CCOCC3)c2c1. The number of hydrogen-bond donors (Lipinski definition) is 1. The number of aromatic amines is 1. The third-order valence-corrected chi connectivity index (χ3v) is 3.43.